The SMILES string of the molecule is CCCC[C@@H](CC(=O)O)NC(=O)CC1CC(NC(=O)OCC2c3ccccc3-c3ccccc32)C1. The van der Waals surface area contributed by atoms with Gasteiger partial charge in [0.05, 0.1) is 6.42 Å². The van der Waals surface area contributed by atoms with Crippen LogP contribution in [0.5, 0.6) is 0 Å². The van der Waals surface area contributed by atoms with Crippen molar-refractivity contribution in [2.45, 2.75) is 69.9 Å². The lowest BCUT2D eigenvalue weighted by Gasteiger charge is -2.35. The monoisotopic (exact) mass is 478 g/mol. The van der Waals surface area contributed by atoms with E-state index in [1.54, 1.807) is 0 Å². The zero-order valence-corrected chi connectivity index (χ0v) is 20.2. The van der Waals surface area contributed by atoms with Crippen LogP contribution >= 0.6 is 0 Å². The third kappa shape index (κ3) is 6.21. The van der Waals surface area contributed by atoms with Crippen molar-refractivity contribution < 1.29 is 24.2 Å². The normalized spacial score (nSPS) is 19.1. The summed E-state index contributed by atoms with van der Waals surface area (Å²) in [6.07, 6.45) is 3.82. The van der Waals surface area contributed by atoms with E-state index in [0.29, 0.717) is 12.8 Å². The number of alkyl carbamates (subject to hydrolysis) is 1. The van der Waals surface area contributed by atoms with E-state index in [1.165, 1.54) is 22.3 Å². The highest BCUT2D eigenvalue weighted by molar-refractivity contribution is 5.79. The highest BCUT2D eigenvalue weighted by Gasteiger charge is 2.33. The van der Waals surface area contributed by atoms with Gasteiger partial charge >= 0.3 is 12.1 Å². The molecule has 1 saturated carbocycles. The Morgan fingerprint density at radius 2 is 1.66 bits per heavy atom. The number of benzene rings is 2. The first kappa shape index (κ1) is 24.8. The fourth-order valence-corrected chi connectivity index (χ4v) is 5.26. The van der Waals surface area contributed by atoms with Crippen molar-refractivity contribution in [3.05, 3.63) is 59.7 Å². The lowest BCUT2D eigenvalue weighted by atomic mass is 9.78. The zero-order chi connectivity index (χ0) is 24.8. The average molecular weight is 479 g/mol. The third-order valence-electron chi connectivity index (χ3n) is 7.07. The summed E-state index contributed by atoms with van der Waals surface area (Å²) < 4.78 is 5.60. The largest absolute Gasteiger partial charge is 0.481 e. The minimum absolute atomic E-state index is 0.00152. The first-order valence-electron chi connectivity index (χ1n) is 12.6. The fourth-order valence-electron chi connectivity index (χ4n) is 5.26. The van der Waals surface area contributed by atoms with Crippen molar-refractivity contribution in [2.75, 3.05) is 6.61 Å². The minimum Gasteiger partial charge on any atom is -0.481 e. The molecule has 0 aromatic heterocycles. The second-order valence-corrected chi connectivity index (χ2v) is 9.71. The Kier molecular flexibility index (Phi) is 8.06. The van der Waals surface area contributed by atoms with Crippen molar-refractivity contribution in [1.29, 1.82) is 0 Å². The van der Waals surface area contributed by atoms with Gasteiger partial charge in [-0.1, -0.05) is 68.3 Å². The number of fused-ring (bicyclic) bond motifs is 3. The number of unbranched alkanes of at least 4 members (excludes halogenated alkanes) is 1. The molecule has 35 heavy (non-hydrogen) atoms. The number of carboxylic acid groups (broad SMARTS) is 1. The second-order valence-electron chi connectivity index (χ2n) is 9.71. The predicted molar refractivity (Wildman–Crippen MR) is 133 cm³/mol. The summed E-state index contributed by atoms with van der Waals surface area (Å²) in [6, 6.07) is 16.1. The molecule has 7 nitrogen and oxygen atoms in total. The van der Waals surface area contributed by atoms with Gasteiger partial charge in [0, 0.05) is 24.4 Å². The molecular formula is C28H34N2O5. The van der Waals surface area contributed by atoms with E-state index in [1.807, 2.05) is 31.2 Å². The van der Waals surface area contributed by atoms with Gasteiger partial charge in [0.2, 0.25) is 5.91 Å². The lowest BCUT2D eigenvalue weighted by molar-refractivity contribution is -0.137. The summed E-state index contributed by atoms with van der Waals surface area (Å²) in [5.41, 5.74) is 4.74. The van der Waals surface area contributed by atoms with E-state index >= 15 is 0 Å². The summed E-state index contributed by atoms with van der Waals surface area (Å²) in [4.78, 5) is 35.8. The van der Waals surface area contributed by atoms with Crippen molar-refractivity contribution in [3.63, 3.8) is 0 Å². The number of nitrogens with one attached hydrogen (secondary N) is 2. The van der Waals surface area contributed by atoms with Gasteiger partial charge in [0.15, 0.2) is 0 Å². The molecule has 1 atom stereocenters. The summed E-state index contributed by atoms with van der Waals surface area (Å²) in [5, 5.41) is 14.8. The Balaban J connectivity index is 1.19. The number of ether oxygens (including phenoxy) is 1. The van der Waals surface area contributed by atoms with Crippen LogP contribution in [-0.4, -0.2) is 41.8 Å². The van der Waals surface area contributed by atoms with Gasteiger partial charge < -0.3 is 20.5 Å². The van der Waals surface area contributed by atoms with Gasteiger partial charge in [-0.3, -0.25) is 9.59 Å². The Morgan fingerprint density at radius 3 is 2.26 bits per heavy atom. The molecule has 186 valence electrons. The van der Waals surface area contributed by atoms with E-state index in [4.69, 9.17) is 9.84 Å². The number of rotatable bonds is 11. The maximum absolute atomic E-state index is 12.4. The number of carbonyl (C=O) groups is 3. The Morgan fingerprint density at radius 1 is 1.03 bits per heavy atom. The standard InChI is InChI=1S/C28H34N2O5/c1-2-3-8-19(16-27(32)33)29-26(31)15-18-13-20(14-18)30-28(34)35-17-25-23-11-6-4-9-21(23)22-10-5-7-12-24(22)25/h4-7,9-12,18-20,25H,2-3,8,13-17H2,1H3,(H,29,31)(H,30,34)(H,32,33)/t18?,19-,20?/m0/s1. The topological polar surface area (TPSA) is 105 Å². The Labute approximate surface area is 206 Å². The van der Waals surface area contributed by atoms with Crippen LogP contribution in [0, 0.1) is 5.92 Å². The molecule has 4 rings (SSSR count). The highest BCUT2D eigenvalue weighted by atomic mass is 16.5. The van der Waals surface area contributed by atoms with Crippen LogP contribution in [0.2, 0.25) is 0 Å². The molecule has 2 aliphatic carbocycles. The van der Waals surface area contributed by atoms with Crippen molar-refractivity contribution in [1.82, 2.24) is 10.6 Å². The predicted octanol–water partition coefficient (Wildman–Crippen LogP) is 4.84. The van der Waals surface area contributed by atoms with Gasteiger partial charge in [-0.25, -0.2) is 4.79 Å². The Bertz CT molecular complexity index is 1020. The number of aliphatic carboxylic acids is 1. The van der Waals surface area contributed by atoms with Crippen LogP contribution in [0.1, 0.15) is 68.9 Å². The molecule has 1 fully saturated rings. The first-order chi connectivity index (χ1) is 16.9. The minimum atomic E-state index is -0.901. The lowest BCUT2D eigenvalue weighted by Crippen LogP contribution is -2.46. The second kappa shape index (κ2) is 11.4. The average Bonchev–Trinajstić information content (AvgIpc) is 3.13. The molecule has 0 spiro atoms. The molecule has 0 heterocycles. The fraction of sp³-hybridized carbons (Fsp3) is 0.464. The summed E-state index contributed by atoms with van der Waals surface area (Å²) in [5.74, 6) is -0.803. The number of hydrogen-bond donors (Lipinski definition) is 3. The van der Waals surface area contributed by atoms with E-state index < -0.39 is 12.1 Å². The van der Waals surface area contributed by atoms with Crippen LogP contribution in [-0.2, 0) is 14.3 Å². The maximum atomic E-state index is 12.4. The van der Waals surface area contributed by atoms with Gasteiger partial charge in [0.1, 0.15) is 6.61 Å². The molecule has 2 aliphatic rings. The summed E-state index contributed by atoms with van der Waals surface area (Å²) in [6.45, 7) is 2.32. The van der Waals surface area contributed by atoms with Crippen LogP contribution in [0.3, 0.4) is 0 Å². The van der Waals surface area contributed by atoms with Crippen LogP contribution in [0.25, 0.3) is 11.1 Å². The third-order valence-corrected chi connectivity index (χ3v) is 7.07. The highest BCUT2D eigenvalue weighted by Crippen LogP contribution is 2.44. The molecule has 2 aromatic carbocycles. The van der Waals surface area contributed by atoms with Crippen molar-refractivity contribution in [3.8, 4) is 11.1 Å². The molecule has 3 N–H and O–H groups in total. The molecule has 0 aliphatic heterocycles. The van der Waals surface area contributed by atoms with Crippen LogP contribution < -0.4 is 10.6 Å². The van der Waals surface area contributed by atoms with E-state index in [2.05, 4.69) is 34.9 Å². The smallest absolute Gasteiger partial charge is 0.407 e. The molecule has 2 aromatic rings. The van der Waals surface area contributed by atoms with Gasteiger partial charge in [0.25, 0.3) is 0 Å². The van der Waals surface area contributed by atoms with Gasteiger partial charge in [-0.05, 0) is 47.4 Å². The number of amides is 2. The Hall–Kier alpha value is -3.35. The quantitative estimate of drug-likeness (QED) is 0.429. The summed E-state index contributed by atoms with van der Waals surface area (Å²) >= 11 is 0. The first-order valence-corrected chi connectivity index (χ1v) is 12.6. The zero-order valence-electron chi connectivity index (χ0n) is 20.2. The maximum Gasteiger partial charge on any atom is 0.407 e. The molecule has 0 bridgehead atoms. The number of carboxylic acids is 1. The molecule has 0 unspecified atom stereocenters. The van der Waals surface area contributed by atoms with Crippen LogP contribution in [0.15, 0.2) is 48.5 Å². The van der Waals surface area contributed by atoms with Gasteiger partial charge in [-0.15, -0.1) is 0 Å². The van der Waals surface area contributed by atoms with E-state index in [-0.39, 0.29) is 42.9 Å². The molecule has 0 radical (unpaired) electrons. The van der Waals surface area contributed by atoms with E-state index in [9.17, 15) is 14.4 Å². The van der Waals surface area contributed by atoms with Crippen molar-refractivity contribution >= 4 is 18.0 Å². The summed E-state index contributed by atoms with van der Waals surface area (Å²) in [7, 11) is 0. The van der Waals surface area contributed by atoms with Gasteiger partial charge in [-0.2, -0.15) is 0 Å². The molecule has 2 amide bonds. The molecular weight excluding hydrogens is 444 g/mol. The van der Waals surface area contributed by atoms with E-state index in [0.717, 1.165) is 25.7 Å². The number of hydrogen-bond acceptors (Lipinski definition) is 4. The molecule has 0 saturated heterocycles. The van der Waals surface area contributed by atoms with Crippen molar-refractivity contribution in [2.24, 2.45) is 5.92 Å². The molecule has 7 heteroatoms. The van der Waals surface area contributed by atoms with Crippen LogP contribution in [0.4, 0.5) is 4.79 Å². The number of carbonyl (C=O) groups excluding carboxylic acids is 2.